The Bertz CT molecular complexity index is 664. The summed E-state index contributed by atoms with van der Waals surface area (Å²) >= 11 is 0. The van der Waals surface area contributed by atoms with Crippen molar-refractivity contribution < 1.29 is 9.94 Å². The molecule has 0 spiro atoms. The minimum absolute atomic E-state index is 0.220. The summed E-state index contributed by atoms with van der Waals surface area (Å²) in [7, 11) is 3.83. The Balaban J connectivity index is 1.93. The SMILES string of the molecule is COn1cc2c3c(cccc31)[C@H]1C[C@@H](O)CN(C)[C@@H]1C2. The van der Waals surface area contributed by atoms with Gasteiger partial charge in [-0.2, -0.15) is 4.73 Å². The molecule has 106 valence electrons. The van der Waals surface area contributed by atoms with Gasteiger partial charge in [0.25, 0.3) is 0 Å². The molecule has 0 saturated carbocycles. The molecule has 2 aromatic rings. The van der Waals surface area contributed by atoms with Crippen LogP contribution in [0.3, 0.4) is 0 Å². The molecule has 1 aromatic carbocycles. The maximum Gasteiger partial charge on any atom is 0.104 e. The number of fused-ring (bicyclic) bond motifs is 2. The Morgan fingerprint density at radius 3 is 3.00 bits per heavy atom. The van der Waals surface area contributed by atoms with Gasteiger partial charge in [-0.05, 0) is 37.1 Å². The Labute approximate surface area is 118 Å². The smallest absolute Gasteiger partial charge is 0.104 e. The summed E-state index contributed by atoms with van der Waals surface area (Å²) in [6.45, 7) is 0.775. The molecule has 3 atom stereocenters. The normalized spacial score (nSPS) is 29.4. The third-order valence-corrected chi connectivity index (χ3v) is 4.99. The van der Waals surface area contributed by atoms with Crippen LogP contribution in [0, 0.1) is 0 Å². The second-order valence-corrected chi connectivity index (χ2v) is 6.11. The second kappa shape index (κ2) is 4.24. The van der Waals surface area contributed by atoms with Gasteiger partial charge in [-0.3, -0.25) is 4.90 Å². The van der Waals surface area contributed by atoms with E-state index in [1.165, 1.54) is 16.5 Å². The van der Waals surface area contributed by atoms with Crippen molar-refractivity contribution in [3.8, 4) is 0 Å². The molecule has 0 bridgehead atoms. The average molecular weight is 272 g/mol. The number of piperidine rings is 1. The van der Waals surface area contributed by atoms with Gasteiger partial charge in [-0.1, -0.05) is 12.1 Å². The van der Waals surface area contributed by atoms with Crippen LogP contribution in [0.5, 0.6) is 0 Å². The average Bonchev–Trinajstić information content (AvgIpc) is 2.80. The van der Waals surface area contributed by atoms with Gasteiger partial charge >= 0.3 is 0 Å². The minimum atomic E-state index is -0.220. The van der Waals surface area contributed by atoms with Gasteiger partial charge in [0.1, 0.15) is 7.11 Å². The van der Waals surface area contributed by atoms with Crippen LogP contribution in [-0.2, 0) is 6.42 Å². The number of hydrogen-bond donors (Lipinski definition) is 1. The lowest BCUT2D eigenvalue weighted by Gasteiger charge is -2.44. The molecule has 0 amide bonds. The van der Waals surface area contributed by atoms with E-state index in [0.29, 0.717) is 12.0 Å². The number of likely N-dealkylation sites (tertiary alicyclic amines) is 1. The topological polar surface area (TPSA) is 37.6 Å². The summed E-state index contributed by atoms with van der Waals surface area (Å²) in [5, 5.41) is 11.4. The molecule has 1 fully saturated rings. The fourth-order valence-electron chi connectivity index (χ4n) is 4.14. The number of hydrogen-bond acceptors (Lipinski definition) is 3. The molecule has 1 aliphatic heterocycles. The van der Waals surface area contributed by atoms with Crippen molar-refractivity contribution in [2.24, 2.45) is 0 Å². The highest BCUT2D eigenvalue weighted by Gasteiger charge is 2.39. The molecule has 2 aliphatic rings. The number of likely N-dealkylation sites (N-methyl/N-ethyl adjacent to an activating group) is 1. The first kappa shape index (κ1) is 12.2. The maximum absolute atomic E-state index is 10.1. The fourth-order valence-corrected chi connectivity index (χ4v) is 4.14. The summed E-state index contributed by atoms with van der Waals surface area (Å²) in [4.78, 5) is 7.76. The number of benzene rings is 1. The predicted molar refractivity (Wildman–Crippen MR) is 77.9 cm³/mol. The summed E-state index contributed by atoms with van der Waals surface area (Å²) in [6, 6.07) is 6.91. The number of aliphatic hydroxyl groups excluding tert-OH is 1. The van der Waals surface area contributed by atoms with Crippen LogP contribution in [0.2, 0.25) is 0 Å². The predicted octanol–water partition coefficient (Wildman–Crippen LogP) is 1.40. The van der Waals surface area contributed by atoms with E-state index >= 15 is 0 Å². The van der Waals surface area contributed by atoms with E-state index in [-0.39, 0.29) is 6.10 Å². The molecule has 1 aromatic heterocycles. The lowest BCUT2D eigenvalue weighted by atomic mass is 9.74. The summed E-state index contributed by atoms with van der Waals surface area (Å²) in [6.07, 6.45) is 3.80. The fraction of sp³-hybridized carbons (Fsp3) is 0.500. The van der Waals surface area contributed by atoms with E-state index in [4.69, 9.17) is 4.84 Å². The number of β-amino-alcohol motifs (C(OH)–C–C–N with tert-alkyl or cyclic N) is 1. The number of aliphatic hydroxyl groups is 1. The molecule has 4 nitrogen and oxygen atoms in total. The van der Waals surface area contributed by atoms with E-state index in [0.717, 1.165) is 24.9 Å². The molecule has 20 heavy (non-hydrogen) atoms. The standard InChI is InChI=1S/C16H20N2O2/c1-17-9-11(19)7-13-12-4-3-5-14-16(12)10(6-15(13)17)8-18(14)20-2/h3-5,8,11,13,15,19H,6-7,9H2,1-2H3/t11-,13-,15-/m1/s1. The van der Waals surface area contributed by atoms with Crippen molar-refractivity contribution in [2.45, 2.75) is 30.9 Å². The van der Waals surface area contributed by atoms with Gasteiger partial charge in [0.05, 0.1) is 11.6 Å². The molecule has 2 heterocycles. The molecule has 0 unspecified atom stereocenters. The van der Waals surface area contributed by atoms with Crippen molar-refractivity contribution >= 4 is 10.9 Å². The van der Waals surface area contributed by atoms with E-state index in [9.17, 15) is 5.11 Å². The Morgan fingerprint density at radius 2 is 2.20 bits per heavy atom. The minimum Gasteiger partial charge on any atom is -0.417 e. The lowest BCUT2D eigenvalue weighted by molar-refractivity contribution is 0.0354. The van der Waals surface area contributed by atoms with Crippen molar-refractivity contribution in [3.63, 3.8) is 0 Å². The Kier molecular flexibility index (Phi) is 2.59. The third kappa shape index (κ3) is 1.55. The van der Waals surface area contributed by atoms with E-state index in [1.54, 1.807) is 7.11 Å². The van der Waals surface area contributed by atoms with Crippen LogP contribution in [0.15, 0.2) is 24.4 Å². The van der Waals surface area contributed by atoms with E-state index in [2.05, 4.69) is 36.3 Å². The zero-order valence-electron chi connectivity index (χ0n) is 11.9. The molecule has 1 aliphatic carbocycles. The number of rotatable bonds is 1. The second-order valence-electron chi connectivity index (χ2n) is 6.11. The first-order valence-corrected chi connectivity index (χ1v) is 7.24. The maximum atomic E-state index is 10.1. The van der Waals surface area contributed by atoms with Crippen LogP contribution in [0.25, 0.3) is 10.9 Å². The largest absolute Gasteiger partial charge is 0.417 e. The van der Waals surface area contributed by atoms with Gasteiger partial charge in [-0.15, -0.1) is 0 Å². The van der Waals surface area contributed by atoms with Gasteiger partial charge in [-0.25, -0.2) is 0 Å². The first-order valence-electron chi connectivity index (χ1n) is 7.24. The number of nitrogens with zero attached hydrogens (tertiary/aromatic N) is 2. The van der Waals surface area contributed by atoms with Crippen molar-refractivity contribution in [2.75, 3.05) is 20.7 Å². The third-order valence-electron chi connectivity index (χ3n) is 4.99. The highest BCUT2D eigenvalue weighted by atomic mass is 16.6. The van der Waals surface area contributed by atoms with Crippen LogP contribution >= 0.6 is 0 Å². The van der Waals surface area contributed by atoms with Gasteiger partial charge < -0.3 is 9.94 Å². The first-order chi connectivity index (χ1) is 9.69. The number of aromatic nitrogens is 1. The quantitative estimate of drug-likeness (QED) is 0.853. The van der Waals surface area contributed by atoms with Gasteiger partial charge in [0.2, 0.25) is 0 Å². The van der Waals surface area contributed by atoms with E-state index in [1.807, 2.05) is 4.73 Å². The van der Waals surface area contributed by atoms with Crippen molar-refractivity contribution in [1.29, 1.82) is 0 Å². The Morgan fingerprint density at radius 1 is 1.35 bits per heavy atom. The summed E-state index contributed by atoms with van der Waals surface area (Å²) in [5.74, 6) is 0.424. The molecular formula is C16H20N2O2. The lowest BCUT2D eigenvalue weighted by Crippen LogP contribution is -2.49. The molecule has 4 heteroatoms. The van der Waals surface area contributed by atoms with E-state index < -0.39 is 0 Å². The highest BCUT2D eigenvalue weighted by Crippen LogP contribution is 2.43. The molecule has 0 radical (unpaired) electrons. The Hall–Kier alpha value is -1.52. The van der Waals surface area contributed by atoms with Crippen LogP contribution in [-0.4, -0.2) is 47.6 Å². The molecule has 4 rings (SSSR count). The monoisotopic (exact) mass is 272 g/mol. The van der Waals surface area contributed by atoms with Gasteiger partial charge in [0.15, 0.2) is 0 Å². The zero-order valence-corrected chi connectivity index (χ0v) is 11.9. The summed E-state index contributed by atoms with van der Waals surface area (Å²) in [5.41, 5.74) is 3.87. The molecule has 1 saturated heterocycles. The zero-order chi connectivity index (χ0) is 13.9. The van der Waals surface area contributed by atoms with Crippen LogP contribution < -0.4 is 4.84 Å². The van der Waals surface area contributed by atoms with Crippen LogP contribution in [0.1, 0.15) is 23.5 Å². The van der Waals surface area contributed by atoms with Gasteiger partial charge in [0, 0.05) is 30.1 Å². The van der Waals surface area contributed by atoms with Crippen molar-refractivity contribution in [3.05, 3.63) is 35.5 Å². The van der Waals surface area contributed by atoms with Crippen molar-refractivity contribution in [1.82, 2.24) is 9.63 Å². The van der Waals surface area contributed by atoms with Crippen LogP contribution in [0.4, 0.5) is 0 Å². The molecular weight excluding hydrogens is 252 g/mol. The highest BCUT2D eigenvalue weighted by molar-refractivity contribution is 5.88. The molecule has 1 N–H and O–H groups in total. The summed E-state index contributed by atoms with van der Waals surface area (Å²) < 4.78 is 1.86.